The third-order valence-corrected chi connectivity index (χ3v) is 5.74. The largest absolute Gasteiger partial charge is 0.490 e. The first kappa shape index (κ1) is 24.8. The van der Waals surface area contributed by atoms with Crippen molar-refractivity contribution >= 4 is 11.9 Å². The highest BCUT2D eigenvalue weighted by atomic mass is 19.4. The zero-order chi connectivity index (χ0) is 24.1. The van der Waals surface area contributed by atoms with E-state index in [0.717, 1.165) is 49.6 Å². The summed E-state index contributed by atoms with van der Waals surface area (Å²) in [5.41, 5.74) is 0.563. The SMILES string of the molecule is Cc1ccc(CN2CCC3(CC2)CN(C(=O)c2ccccc2)CCO3)o1.O=C(O)C(F)(F)F. The van der Waals surface area contributed by atoms with E-state index in [1.165, 1.54) is 0 Å². The molecule has 0 unspecified atom stereocenters. The number of hydrogen-bond acceptors (Lipinski definition) is 5. The first-order chi connectivity index (χ1) is 15.6. The number of halogens is 3. The molecular weight excluding hydrogens is 441 g/mol. The number of nitrogens with zero attached hydrogens (tertiary/aromatic N) is 2. The number of carboxylic acid groups (broad SMARTS) is 1. The molecule has 4 rings (SSSR count). The van der Waals surface area contributed by atoms with Gasteiger partial charge in [0.25, 0.3) is 5.91 Å². The maximum atomic E-state index is 12.8. The average molecular weight is 468 g/mol. The number of piperidine rings is 1. The number of ether oxygens (including phenoxy) is 1. The highest BCUT2D eigenvalue weighted by Gasteiger charge is 2.41. The number of morpholine rings is 1. The minimum atomic E-state index is -5.08. The Labute approximate surface area is 189 Å². The Morgan fingerprint density at radius 3 is 2.24 bits per heavy atom. The summed E-state index contributed by atoms with van der Waals surface area (Å²) in [6.07, 6.45) is -3.18. The Balaban J connectivity index is 0.000000383. The predicted molar refractivity (Wildman–Crippen MR) is 113 cm³/mol. The van der Waals surface area contributed by atoms with E-state index in [9.17, 15) is 18.0 Å². The average Bonchev–Trinajstić information content (AvgIpc) is 3.20. The molecule has 2 aromatic rings. The van der Waals surface area contributed by atoms with Gasteiger partial charge < -0.3 is 19.2 Å². The number of carboxylic acids is 1. The van der Waals surface area contributed by atoms with Crippen molar-refractivity contribution in [3.05, 3.63) is 59.5 Å². The van der Waals surface area contributed by atoms with Gasteiger partial charge in [0.2, 0.25) is 0 Å². The Kier molecular flexibility index (Phi) is 7.80. The van der Waals surface area contributed by atoms with Gasteiger partial charge in [0.1, 0.15) is 11.5 Å². The van der Waals surface area contributed by atoms with Gasteiger partial charge in [0.15, 0.2) is 0 Å². The van der Waals surface area contributed by atoms with Gasteiger partial charge in [-0.2, -0.15) is 13.2 Å². The number of aliphatic carboxylic acids is 1. The van der Waals surface area contributed by atoms with Crippen LogP contribution in [0.3, 0.4) is 0 Å². The zero-order valence-corrected chi connectivity index (χ0v) is 18.3. The summed E-state index contributed by atoms with van der Waals surface area (Å²) in [6, 6.07) is 13.6. The zero-order valence-electron chi connectivity index (χ0n) is 18.3. The van der Waals surface area contributed by atoms with E-state index >= 15 is 0 Å². The number of alkyl halides is 3. The second-order valence-corrected chi connectivity index (χ2v) is 8.22. The Bertz CT molecular complexity index is 937. The molecular formula is C23H27F3N2O5. The molecule has 0 radical (unpaired) electrons. The normalized spacial score (nSPS) is 18.5. The summed E-state index contributed by atoms with van der Waals surface area (Å²) < 4.78 is 43.6. The molecule has 0 atom stereocenters. The summed E-state index contributed by atoms with van der Waals surface area (Å²) in [4.78, 5) is 26.0. The Hall–Kier alpha value is -2.85. The fourth-order valence-corrected chi connectivity index (χ4v) is 3.99. The van der Waals surface area contributed by atoms with Gasteiger partial charge in [0, 0.05) is 25.2 Å². The lowest BCUT2D eigenvalue weighted by molar-refractivity contribution is -0.192. The Morgan fingerprint density at radius 2 is 1.70 bits per heavy atom. The van der Waals surface area contributed by atoms with Gasteiger partial charge >= 0.3 is 12.1 Å². The van der Waals surface area contributed by atoms with E-state index in [4.69, 9.17) is 19.1 Å². The van der Waals surface area contributed by atoms with Gasteiger partial charge in [-0.05, 0) is 44.0 Å². The van der Waals surface area contributed by atoms with Crippen molar-refractivity contribution in [2.45, 2.75) is 38.1 Å². The van der Waals surface area contributed by atoms with Crippen molar-refractivity contribution in [1.82, 2.24) is 9.80 Å². The highest BCUT2D eigenvalue weighted by Crippen LogP contribution is 2.31. The van der Waals surface area contributed by atoms with E-state index in [0.29, 0.717) is 19.7 Å². The number of carbonyl (C=O) groups excluding carboxylic acids is 1. The van der Waals surface area contributed by atoms with Crippen molar-refractivity contribution in [2.24, 2.45) is 0 Å². The van der Waals surface area contributed by atoms with Crippen LogP contribution in [0.5, 0.6) is 0 Å². The van der Waals surface area contributed by atoms with Crippen LogP contribution in [0, 0.1) is 6.92 Å². The van der Waals surface area contributed by atoms with Crippen molar-refractivity contribution < 1.29 is 37.0 Å². The van der Waals surface area contributed by atoms with Crippen molar-refractivity contribution in [2.75, 3.05) is 32.8 Å². The monoisotopic (exact) mass is 468 g/mol. The van der Waals surface area contributed by atoms with Crippen molar-refractivity contribution in [3.8, 4) is 0 Å². The number of furan rings is 1. The number of amides is 1. The van der Waals surface area contributed by atoms with Crippen LogP contribution >= 0.6 is 0 Å². The van der Waals surface area contributed by atoms with Crippen LogP contribution in [-0.2, 0) is 16.1 Å². The number of likely N-dealkylation sites (tertiary alicyclic amines) is 1. The minimum Gasteiger partial charge on any atom is -0.475 e. The first-order valence-corrected chi connectivity index (χ1v) is 10.6. The molecule has 1 N–H and O–H groups in total. The van der Waals surface area contributed by atoms with Crippen LogP contribution in [0.25, 0.3) is 0 Å². The van der Waals surface area contributed by atoms with E-state index in [2.05, 4.69) is 11.0 Å². The molecule has 0 aliphatic carbocycles. The maximum Gasteiger partial charge on any atom is 0.490 e. The standard InChI is InChI=1S/C21H26N2O3.C2HF3O2/c1-17-7-8-19(26-17)15-22-11-9-21(10-12-22)16-23(13-14-25-21)20(24)18-5-3-2-4-6-18;3-2(4,5)1(6)7/h2-8H,9-16H2,1H3;(H,6,7). The molecule has 180 valence electrons. The molecule has 3 heterocycles. The molecule has 2 fully saturated rings. The third kappa shape index (κ3) is 6.82. The van der Waals surface area contributed by atoms with Crippen LogP contribution < -0.4 is 0 Å². The van der Waals surface area contributed by atoms with Gasteiger partial charge in [-0.3, -0.25) is 9.69 Å². The molecule has 2 aliphatic rings. The number of rotatable bonds is 3. The second-order valence-electron chi connectivity index (χ2n) is 8.22. The molecule has 2 saturated heterocycles. The lowest BCUT2D eigenvalue weighted by atomic mass is 9.89. The van der Waals surface area contributed by atoms with E-state index in [1.807, 2.05) is 48.2 Å². The van der Waals surface area contributed by atoms with Gasteiger partial charge in [0.05, 0.1) is 25.3 Å². The summed E-state index contributed by atoms with van der Waals surface area (Å²) in [5.74, 6) is -0.669. The molecule has 0 saturated carbocycles. The molecule has 0 bridgehead atoms. The van der Waals surface area contributed by atoms with Crippen LogP contribution in [0.4, 0.5) is 13.2 Å². The predicted octanol–water partition coefficient (Wildman–Crippen LogP) is 3.73. The summed E-state index contributed by atoms with van der Waals surface area (Å²) in [5, 5.41) is 7.12. The molecule has 1 aromatic carbocycles. The van der Waals surface area contributed by atoms with Gasteiger partial charge in [-0.25, -0.2) is 4.79 Å². The number of aryl methyl sites for hydroxylation is 1. The van der Waals surface area contributed by atoms with Crippen LogP contribution in [0.1, 0.15) is 34.7 Å². The molecule has 1 aromatic heterocycles. The summed E-state index contributed by atoms with van der Waals surface area (Å²) in [6.45, 7) is 6.73. The molecule has 1 spiro atoms. The molecule has 33 heavy (non-hydrogen) atoms. The molecule has 1 amide bonds. The number of benzene rings is 1. The Morgan fingerprint density at radius 1 is 1.06 bits per heavy atom. The lowest BCUT2D eigenvalue weighted by Gasteiger charge is -2.47. The van der Waals surface area contributed by atoms with E-state index < -0.39 is 12.1 Å². The second kappa shape index (κ2) is 10.4. The van der Waals surface area contributed by atoms with Crippen molar-refractivity contribution in [1.29, 1.82) is 0 Å². The summed E-state index contributed by atoms with van der Waals surface area (Å²) >= 11 is 0. The van der Waals surface area contributed by atoms with E-state index in [-0.39, 0.29) is 11.5 Å². The fraction of sp³-hybridized carbons (Fsp3) is 0.478. The van der Waals surface area contributed by atoms with Gasteiger partial charge in [-0.1, -0.05) is 18.2 Å². The minimum absolute atomic E-state index is 0.113. The van der Waals surface area contributed by atoms with Crippen LogP contribution in [-0.4, -0.2) is 71.3 Å². The maximum absolute atomic E-state index is 12.8. The topological polar surface area (TPSA) is 83.2 Å². The van der Waals surface area contributed by atoms with Crippen LogP contribution in [0.15, 0.2) is 46.9 Å². The number of hydrogen-bond donors (Lipinski definition) is 1. The van der Waals surface area contributed by atoms with Crippen LogP contribution in [0.2, 0.25) is 0 Å². The third-order valence-electron chi connectivity index (χ3n) is 5.74. The molecule has 7 nitrogen and oxygen atoms in total. The quantitative estimate of drug-likeness (QED) is 0.739. The smallest absolute Gasteiger partial charge is 0.475 e. The van der Waals surface area contributed by atoms with E-state index in [1.54, 1.807) is 0 Å². The van der Waals surface area contributed by atoms with Crippen molar-refractivity contribution in [3.63, 3.8) is 0 Å². The molecule has 10 heteroatoms. The van der Waals surface area contributed by atoms with Gasteiger partial charge in [-0.15, -0.1) is 0 Å². The molecule has 2 aliphatic heterocycles. The number of carbonyl (C=O) groups is 2. The fourth-order valence-electron chi connectivity index (χ4n) is 3.99. The first-order valence-electron chi connectivity index (χ1n) is 10.6. The lowest BCUT2D eigenvalue weighted by Crippen LogP contribution is -2.57. The highest BCUT2D eigenvalue weighted by molar-refractivity contribution is 5.94. The summed E-state index contributed by atoms with van der Waals surface area (Å²) in [7, 11) is 0.